The second-order valence-corrected chi connectivity index (χ2v) is 4.95. The molecule has 1 aromatic rings. The number of nitrogens with one attached hydrogen (secondary N) is 1. The van der Waals surface area contributed by atoms with Crippen LogP contribution in [0.25, 0.3) is 0 Å². The van der Waals surface area contributed by atoms with E-state index in [1.54, 1.807) is 7.11 Å². The van der Waals surface area contributed by atoms with Crippen molar-refractivity contribution in [2.45, 2.75) is 32.7 Å². The second kappa shape index (κ2) is 9.08. The maximum absolute atomic E-state index is 5.54. The molecule has 3 heteroatoms. The van der Waals surface area contributed by atoms with Crippen LogP contribution >= 0.6 is 0 Å². The third-order valence-electron chi connectivity index (χ3n) is 3.55. The fourth-order valence-electron chi connectivity index (χ4n) is 2.24. The quantitative estimate of drug-likeness (QED) is 0.696. The van der Waals surface area contributed by atoms with Crippen LogP contribution in [0, 0.1) is 13.8 Å². The molecule has 1 unspecified atom stereocenters. The molecular formula is C16H27NO2. The Kier molecular flexibility index (Phi) is 7.72. The molecule has 108 valence electrons. The number of hydrogen-bond acceptors (Lipinski definition) is 3. The summed E-state index contributed by atoms with van der Waals surface area (Å²) in [6.45, 7) is 6.49. The van der Waals surface area contributed by atoms with Crippen LogP contribution in [0.1, 0.15) is 23.1 Å². The van der Waals surface area contributed by atoms with Gasteiger partial charge in [0.1, 0.15) is 0 Å². The zero-order valence-corrected chi connectivity index (χ0v) is 12.7. The summed E-state index contributed by atoms with van der Waals surface area (Å²) in [5.74, 6) is 0. The number of benzene rings is 1. The standard InChI is InChI=1S/C16H27NO2/c1-13-6-5-7-14(2)16(13)12-15(17-3)8-9-19-11-10-18-4/h5-7,15,17H,8-12H2,1-4H3. The first kappa shape index (κ1) is 16.2. The number of likely N-dealkylation sites (N-methyl/N-ethyl adjacent to an activating group) is 1. The van der Waals surface area contributed by atoms with Crippen molar-refractivity contribution in [1.82, 2.24) is 5.32 Å². The highest BCUT2D eigenvalue weighted by atomic mass is 16.5. The topological polar surface area (TPSA) is 30.5 Å². The Labute approximate surface area is 117 Å². The Morgan fingerprint density at radius 3 is 2.37 bits per heavy atom. The summed E-state index contributed by atoms with van der Waals surface area (Å²) in [5.41, 5.74) is 4.21. The van der Waals surface area contributed by atoms with Crippen LogP contribution in [0.2, 0.25) is 0 Å². The van der Waals surface area contributed by atoms with E-state index in [0.717, 1.165) is 19.4 Å². The van der Waals surface area contributed by atoms with Gasteiger partial charge in [0.15, 0.2) is 0 Å². The molecule has 0 fully saturated rings. The van der Waals surface area contributed by atoms with Gasteiger partial charge in [-0.1, -0.05) is 18.2 Å². The van der Waals surface area contributed by atoms with Crippen molar-refractivity contribution < 1.29 is 9.47 Å². The van der Waals surface area contributed by atoms with Crippen LogP contribution in [-0.2, 0) is 15.9 Å². The van der Waals surface area contributed by atoms with Crippen molar-refractivity contribution in [3.63, 3.8) is 0 Å². The number of ether oxygens (including phenoxy) is 2. The maximum atomic E-state index is 5.54. The first-order valence-electron chi connectivity index (χ1n) is 6.98. The highest BCUT2D eigenvalue weighted by Crippen LogP contribution is 2.16. The van der Waals surface area contributed by atoms with E-state index in [1.807, 2.05) is 7.05 Å². The van der Waals surface area contributed by atoms with Gasteiger partial charge < -0.3 is 14.8 Å². The van der Waals surface area contributed by atoms with Gasteiger partial charge in [0.25, 0.3) is 0 Å². The van der Waals surface area contributed by atoms with E-state index in [1.165, 1.54) is 16.7 Å². The summed E-state index contributed by atoms with van der Waals surface area (Å²) in [6, 6.07) is 6.95. The van der Waals surface area contributed by atoms with E-state index in [0.29, 0.717) is 19.3 Å². The monoisotopic (exact) mass is 265 g/mol. The van der Waals surface area contributed by atoms with Gasteiger partial charge >= 0.3 is 0 Å². The molecule has 0 aliphatic carbocycles. The van der Waals surface area contributed by atoms with E-state index in [-0.39, 0.29) is 0 Å². The van der Waals surface area contributed by atoms with E-state index in [9.17, 15) is 0 Å². The van der Waals surface area contributed by atoms with Gasteiger partial charge in [0, 0.05) is 19.8 Å². The van der Waals surface area contributed by atoms with Gasteiger partial charge in [0.05, 0.1) is 13.2 Å². The SMILES string of the molecule is CNC(CCOCCOC)Cc1c(C)cccc1C. The Balaban J connectivity index is 2.43. The molecule has 0 saturated carbocycles. The minimum atomic E-state index is 0.461. The maximum Gasteiger partial charge on any atom is 0.0700 e. The molecular weight excluding hydrogens is 238 g/mol. The first-order valence-corrected chi connectivity index (χ1v) is 6.98. The molecule has 1 rings (SSSR count). The third kappa shape index (κ3) is 5.72. The number of hydrogen-bond donors (Lipinski definition) is 1. The molecule has 1 N–H and O–H groups in total. The van der Waals surface area contributed by atoms with Crippen molar-refractivity contribution in [1.29, 1.82) is 0 Å². The first-order chi connectivity index (χ1) is 9.19. The van der Waals surface area contributed by atoms with Gasteiger partial charge in [-0.05, 0) is 50.4 Å². The predicted octanol–water partition coefficient (Wildman–Crippen LogP) is 2.49. The van der Waals surface area contributed by atoms with E-state index in [4.69, 9.17) is 9.47 Å². The third-order valence-corrected chi connectivity index (χ3v) is 3.55. The van der Waals surface area contributed by atoms with Gasteiger partial charge in [0.2, 0.25) is 0 Å². The summed E-state index contributed by atoms with van der Waals surface area (Å²) in [7, 11) is 3.72. The fourth-order valence-corrected chi connectivity index (χ4v) is 2.24. The summed E-state index contributed by atoms with van der Waals surface area (Å²) in [6.07, 6.45) is 2.08. The smallest absolute Gasteiger partial charge is 0.0700 e. The molecule has 0 bridgehead atoms. The van der Waals surface area contributed by atoms with E-state index >= 15 is 0 Å². The molecule has 0 saturated heterocycles. The minimum Gasteiger partial charge on any atom is -0.382 e. The van der Waals surface area contributed by atoms with Crippen molar-refractivity contribution >= 4 is 0 Å². The van der Waals surface area contributed by atoms with Crippen molar-refractivity contribution in [3.8, 4) is 0 Å². The lowest BCUT2D eigenvalue weighted by atomic mass is 9.95. The average Bonchev–Trinajstić information content (AvgIpc) is 2.40. The number of methoxy groups -OCH3 is 1. The lowest BCUT2D eigenvalue weighted by molar-refractivity contribution is 0.0661. The summed E-state index contributed by atoms with van der Waals surface area (Å²) < 4.78 is 10.5. The largest absolute Gasteiger partial charge is 0.382 e. The Morgan fingerprint density at radius 2 is 1.79 bits per heavy atom. The van der Waals surface area contributed by atoms with Crippen LogP contribution in [0.5, 0.6) is 0 Å². The molecule has 0 spiro atoms. The highest BCUT2D eigenvalue weighted by molar-refractivity contribution is 5.34. The molecule has 1 aromatic carbocycles. The normalized spacial score (nSPS) is 12.6. The fraction of sp³-hybridized carbons (Fsp3) is 0.625. The molecule has 0 aromatic heterocycles. The Bertz CT molecular complexity index is 346. The molecule has 3 nitrogen and oxygen atoms in total. The molecule has 0 radical (unpaired) electrons. The molecule has 0 amide bonds. The average molecular weight is 265 g/mol. The lowest BCUT2D eigenvalue weighted by Gasteiger charge is -2.19. The molecule has 1 atom stereocenters. The lowest BCUT2D eigenvalue weighted by Crippen LogP contribution is -2.29. The molecule has 0 aliphatic rings. The molecule has 0 heterocycles. The zero-order valence-electron chi connectivity index (χ0n) is 12.7. The van der Waals surface area contributed by atoms with E-state index in [2.05, 4.69) is 37.4 Å². The number of aryl methyl sites for hydroxylation is 2. The van der Waals surface area contributed by atoms with Crippen LogP contribution < -0.4 is 5.32 Å². The second-order valence-electron chi connectivity index (χ2n) is 4.95. The predicted molar refractivity (Wildman–Crippen MR) is 79.8 cm³/mol. The van der Waals surface area contributed by atoms with Crippen molar-refractivity contribution in [3.05, 3.63) is 34.9 Å². The zero-order chi connectivity index (χ0) is 14.1. The molecule has 19 heavy (non-hydrogen) atoms. The van der Waals surface area contributed by atoms with Crippen LogP contribution in [0.3, 0.4) is 0 Å². The Morgan fingerprint density at radius 1 is 1.11 bits per heavy atom. The highest BCUT2D eigenvalue weighted by Gasteiger charge is 2.10. The van der Waals surface area contributed by atoms with Crippen molar-refractivity contribution in [2.24, 2.45) is 0 Å². The van der Waals surface area contributed by atoms with E-state index < -0.39 is 0 Å². The van der Waals surface area contributed by atoms with Crippen molar-refractivity contribution in [2.75, 3.05) is 34.0 Å². The number of rotatable bonds is 9. The van der Waals surface area contributed by atoms with Gasteiger partial charge in [-0.3, -0.25) is 0 Å². The van der Waals surface area contributed by atoms with Crippen LogP contribution in [-0.4, -0.2) is 40.0 Å². The summed E-state index contributed by atoms with van der Waals surface area (Å²) >= 11 is 0. The van der Waals surface area contributed by atoms with Crippen LogP contribution in [0.15, 0.2) is 18.2 Å². The van der Waals surface area contributed by atoms with Gasteiger partial charge in [-0.2, -0.15) is 0 Å². The molecule has 0 aliphatic heterocycles. The summed E-state index contributed by atoms with van der Waals surface area (Å²) in [5, 5.41) is 3.38. The van der Waals surface area contributed by atoms with Crippen LogP contribution in [0.4, 0.5) is 0 Å². The minimum absolute atomic E-state index is 0.461. The Hall–Kier alpha value is -0.900. The summed E-state index contributed by atoms with van der Waals surface area (Å²) in [4.78, 5) is 0. The van der Waals surface area contributed by atoms with Gasteiger partial charge in [-0.15, -0.1) is 0 Å². The van der Waals surface area contributed by atoms with Gasteiger partial charge in [-0.25, -0.2) is 0 Å².